The number of rotatable bonds is 2. The van der Waals surface area contributed by atoms with Crippen molar-refractivity contribution in [3.8, 4) is 0 Å². The minimum absolute atomic E-state index is 0.105. The van der Waals surface area contributed by atoms with Crippen LogP contribution in [-0.4, -0.2) is 34.2 Å². The SMILES string of the molecule is CC1C(=O)NC2(C(O)C3C=CCCC3)C(=O)OC12C. The first-order valence-corrected chi connectivity index (χ1v) is 6.83. The van der Waals surface area contributed by atoms with E-state index in [1.165, 1.54) is 0 Å². The molecule has 0 aromatic rings. The van der Waals surface area contributed by atoms with Crippen molar-refractivity contribution in [2.24, 2.45) is 11.8 Å². The molecule has 5 unspecified atom stereocenters. The smallest absolute Gasteiger partial charge is 0.339 e. The maximum atomic E-state index is 12.0. The standard InChI is InChI=1S/C14H19NO4/c1-8-11(17)15-14(12(18)19-13(8,14)2)10(16)9-6-4-3-5-7-9/h4,6,8-10,16H,3,5,7H2,1-2H3,(H,15,17). The average molecular weight is 265 g/mol. The van der Waals surface area contributed by atoms with Gasteiger partial charge in [-0.1, -0.05) is 12.2 Å². The van der Waals surface area contributed by atoms with Gasteiger partial charge in [-0.3, -0.25) is 4.79 Å². The molecular formula is C14H19NO4. The summed E-state index contributed by atoms with van der Waals surface area (Å²) >= 11 is 0. The maximum absolute atomic E-state index is 12.0. The number of ether oxygens (including phenoxy) is 1. The highest BCUT2D eigenvalue weighted by atomic mass is 16.6. The maximum Gasteiger partial charge on any atom is 0.339 e. The van der Waals surface area contributed by atoms with Crippen LogP contribution in [0, 0.1) is 11.8 Å². The first-order valence-electron chi connectivity index (χ1n) is 6.83. The molecule has 0 aromatic heterocycles. The fraction of sp³-hybridized carbons (Fsp3) is 0.714. The second kappa shape index (κ2) is 3.82. The van der Waals surface area contributed by atoms with Crippen molar-refractivity contribution in [3.63, 3.8) is 0 Å². The second-order valence-corrected chi connectivity index (χ2v) is 5.98. The quantitative estimate of drug-likeness (QED) is 0.564. The number of carbonyl (C=O) groups excluding carboxylic acids is 2. The lowest BCUT2D eigenvalue weighted by Crippen LogP contribution is -2.79. The number of fused-ring (bicyclic) bond motifs is 1. The Morgan fingerprint density at radius 1 is 1.53 bits per heavy atom. The van der Waals surface area contributed by atoms with Crippen molar-refractivity contribution >= 4 is 11.9 Å². The van der Waals surface area contributed by atoms with Crippen molar-refractivity contribution in [2.75, 3.05) is 0 Å². The fourth-order valence-electron chi connectivity index (χ4n) is 3.58. The molecular weight excluding hydrogens is 246 g/mol. The van der Waals surface area contributed by atoms with Gasteiger partial charge in [-0.25, -0.2) is 4.79 Å². The van der Waals surface area contributed by atoms with Crippen molar-refractivity contribution < 1.29 is 19.4 Å². The Bertz CT molecular complexity index is 474. The zero-order valence-corrected chi connectivity index (χ0v) is 11.2. The lowest BCUT2D eigenvalue weighted by molar-refractivity contribution is -0.237. The van der Waals surface area contributed by atoms with Gasteiger partial charge in [-0.15, -0.1) is 0 Å². The lowest BCUT2D eigenvalue weighted by Gasteiger charge is -2.54. The molecule has 0 aromatic carbocycles. The van der Waals surface area contributed by atoms with E-state index >= 15 is 0 Å². The van der Waals surface area contributed by atoms with Crippen LogP contribution >= 0.6 is 0 Å². The third-order valence-corrected chi connectivity index (χ3v) is 5.09. The van der Waals surface area contributed by atoms with Gasteiger partial charge in [-0.2, -0.15) is 0 Å². The molecule has 3 aliphatic rings. The van der Waals surface area contributed by atoms with Crippen LogP contribution in [0.1, 0.15) is 33.1 Å². The Labute approximate surface area is 112 Å². The van der Waals surface area contributed by atoms with E-state index in [0.717, 1.165) is 19.3 Å². The summed E-state index contributed by atoms with van der Waals surface area (Å²) in [6.45, 7) is 3.46. The molecule has 19 heavy (non-hydrogen) atoms. The zero-order valence-electron chi connectivity index (χ0n) is 11.2. The van der Waals surface area contributed by atoms with Crippen LogP contribution in [0.2, 0.25) is 0 Å². The Hall–Kier alpha value is -1.36. The van der Waals surface area contributed by atoms with Crippen LogP contribution in [0.25, 0.3) is 0 Å². The summed E-state index contributed by atoms with van der Waals surface area (Å²) in [7, 11) is 0. The Morgan fingerprint density at radius 3 is 2.79 bits per heavy atom. The highest BCUT2D eigenvalue weighted by molar-refractivity contribution is 6.01. The topological polar surface area (TPSA) is 75.6 Å². The predicted octanol–water partition coefficient (Wildman–Crippen LogP) is 0.524. The minimum Gasteiger partial charge on any atom is -0.453 e. The van der Waals surface area contributed by atoms with Gasteiger partial charge in [0, 0.05) is 5.92 Å². The molecule has 5 nitrogen and oxygen atoms in total. The van der Waals surface area contributed by atoms with Crippen LogP contribution in [0.3, 0.4) is 0 Å². The van der Waals surface area contributed by atoms with Crippen LogP contribution in [0.15, 0.2) is 12.2 Å². The molecule has 0 bridgehead atoms. The summed E-state index contributed by atoms with van der Waals surface area (Å²) in [5, 5.41) is 13.4. The molecule has 3 rings (SSSR count). The third-order valence-electron chi connectivity index (χ3n) is 5.09. The highest BCUT2D eigenvalue weighted by Gasteiger charge is 2.78. The normalized spacial score (nSPS) is 46.1. The van der Waals surface area contributed by atoms with Gasteiger partial charge in [-0.05, 0) is 33.1 Å². The lowest BCUT2D eigenvalue weighted by atomic mass is 9.65. The predicted molar refractivity (Wildman–Crippen MR) is 67.0 cm³/mol. The monoisotopic (exact) mass is 265 g/mol. The van der Waals surface area contributed by atoms with Crippen LogP contribution < -0.4 is 5.32 Å². The van der Waals surface area contributed by atoms with E-state index in [4.69, 9.17) is 4.74 Å². The molecule has 2 aliphatic heterocycles. The zero-order chi connectivity index (χ0) is 13.8. The fourth-order valence-corrected chi connectivity index (χ4v) is 3.58. The van der Waals surface area contributed by atoms with Gasteiger partial charge in [0.15, 0.2) is 5.60 Å². The van der Waals surface area contributed by atoms with Gasteiger partial charge >= 0.3 is 5.97 Å². The van der Waals surface area contributed by atoms with E-state index < -0.39 is 29.1 Å². The molecule has 1 aliphatic carbocycles. The van der Waals surface area contributed by atoms with Crippen LogP contribution in [-0.2, 0) is 14.3 Å². The Morgan fingerprint density at radius 2 is 2.26 bits per heavy atom. The molecule has 2 N–H and O–H groups in total. The van der Waals surface area contributed by atoms with E-state index in [1.807, 2.05) is 12.2 Å². The van der Waals surface area contributed by atoms with Gasteiger partial charge in [0.2, 0.25) is 11.4 Å². The summed E-state index contributed by atoms with van der Waals surface area (Å²) in [5.41, 5.74) is -2.21. The first-order chi connectivity index (χ1) is 8.93. The molecule has 0 spiro atoms. The molecule has 5 heteroatoms. The van der Waals surface area contributed by atoms with Gasteiger partial charge < -0.3 is 15.2 Å². The van der Waals surface area contributed by atoms with E-state index in [9.17, 15) is 14.7 Å². The molecule has 5 atom stereocenters. The number of esters is 1. The first kappa shape index (κ1) is 12.7. The summed E-state index contributed by atoms with van der Waals surface area (Å²) in [5.74, 6) is -1.29. The van der Waals surface area contributed by atoms with Crippen molar-refractivity contribution in [1.29, 1.82) is 0 Å². The third kappa shape index (κ3) is 1.34. The van der Waals surface area contributed by atoms with Gasteiger partial charge in [0.05, 0.1) is 12.0 Å². The van der Waals surface area contributed by atoms with Crippen LogP contribution in [0.4, 0.5) is 0 Å². The molecule has 104 valence electrons. The Balaban J connectivity index is 1.97. The number of hydrogen-bond donors (Lipinski definition) is 2. The van der Waals surface area contributed by atoms with Crippen molar-refractivity contribution in [2.45, 2.75) is 50.4 Å². The summed E-state index contributed by atoms with van der Waals surface area (Å²) < 4.78 is 5.24. The Kier molecular flexibility index (Phi) is 2.55. The van der Waals surface area contributed by atoms with Gasteiger partial charge in [0.1, 0.15) is 0 Å². The number of hydrogen-bond acceptors (Lipinski definition) is 4. The average Bonchev–Trinajstić information content (AvgIpc) is 2.57. The highest BCUT2D eigenvalue weighted by Crippen LogP contribution is 2.52. The number of allylic oxidation sites excluding steroid dienone is 1. The number of aliphatic hydroxyl groups is 1. The summed E-state index contributed by atoms with van der Waals surface area (Å²) in [6.07, 6.45) is 5.86. The van der Waals surface area contributed by atoms with Gasteiger partial charge in [0.25, 0.3) is 0 Å². The molecule has 2 heterocycles. The van der Waals surface area contributed by atoms with Crippen molar-refractivity contribution in [3.05, 3.63) is 12.2 Å². The van der Waals surface area contributed by atoms with E-state index in [1.54, 1.807) is 13.8 Å². The largest absolute Gasteiger partial charge is 0.453 e. The number of aliphatic hydroxyl groups excluding tert-OH is 1. The molecule has 2 fully saturated rings. The molecule has 1 amide bonds. The minimum atomic E-state index is -1.27. The van der Waals surface area contributed by atoms with E-state index in [-0.39, 0.29) is 11.8 Å². The van der Waals surface area contributed by atoms with Crippen molar-refractivity contribution in [1.82, 2.24) is 5.32 Å². The number of carbonyl (C=O) groups is 2. The van der Waals surface area contributed by atoms with E-state index in [0.29, 0.717) is 0 Å². The van der Waals surface area contributed by atoms with Crippen LogP contribution in [0.5, 0.6) is 0 Å². The molecule has 2 saturated heterocycles. The molecule has 0 radical (unpaired) electrons. The summed E-state index contributed by atoms with van der Waals surface area (Å²) in [4.78, 5) is 23.9. The second-order valence-electron chi connectivity index (χ2n) is 5.98. The molecule has 0 saturated carbocycles. The summed E-state index contributed by atoms with van der Waals surface area (Å²) in [6, 6.07) is 0. The number of amides is 1. The number of nitrogens with one attached hydrogen (secondary N) is 1. The van der Waals surface area contributed by atoms with E-state index in [2.05, 4.69) is 5.32 Å².